The molecule has 0 unspecified atom stereocenters. The Kier molecular flexibility index (Phi) is 3.77. The minimum absolute atomic E-state index is 0.151. The van der Waals surface area contributed by atoms with Gasteiger partial charge in [-0.05, 0) is 18.4 Å². The maximum Gasteiger partial charge on any atom is 0.416 e. The number of thioether (sulfide) groups is 1. The average molecular weight is 319 g/mol. The number of anilines is 1. The van der Waals surface area contributed by atoms with Gasteiger partial charge >= 0.3 is 6.18 Å². The molecular formula is C10H8F3N5O2S. The molecule has 0 radical (unpaired) electrons. The van der Waals surface area contributed by atoms with Crippen molar-refractivity contribution in [3.63, 3.8) is 0 Å². The number of nitro benzene ring substituents is 1. The first-order valence-corrected chi connectivity index (χ1v) is 6.59. The Balaban J connectivity index is 2.63. The lowest BCUT2D eigenvalue weighted by Gasteiger charge is -2.09. The second-order valence-corrected chi connectivity index (χ2v) is 4.60. The van der Waals surface area contributed by atoms with Crippen LogP contribution in [0.25, 0.3) is 5.69 Å². The minimum Gasteiger partial charge on any atom is -0.368 e. The van der Waals surface area contributed by atoms with E-state index in [4.69, 9.17) is 5.73 Å². The molecule has 112 valence electrons. The minimum atomic E-state index is -4.68. The number of nitrogens with zero attached hydrogens (tertiary/aromatic N) is 4. The van der Waals surface area contributed by atoms with Crippen molar-refractivity contribution in [2.24, 2.45) is 0 Å². The van der Waals surface area contributed by atoms with Crippen molar-refractivity contribution in [2.75, 3.05) is 12.0 Å². The van der Waals surface area contributed by atoms with Crippen molar-refractivity contribution >= 4 is 23.4 Å². The predicted octanol–water partition coefficient (Wildman–Crippen LogP) is 2.50. The zero-order valence-corrected chi connectivity index (χ0v) is 11.3. The monoisotopic (exact) mass is 319 g/mol. The topological polar surface area (TPSA) is 99.9 Å². The van der Waals surface area contributed by atoms with Gasteiger partial charge < -0.3 is 5.73 Å². The SMILES string of the molecule is CSc1nc(N)n(-c2ccc(C(F)(F)F)cc2[N+](=O)[O-])n1. The third-order valence-corrected chi connectivity index (χ3v) is 3.06. The number of nitrogen functional groups attached to an aromatic ring is 1. The molecule has 2 rings (SSSR count). The second-order valence-electron chi connectivity index (χ2n) is 3.83. The molecule has 0 fully saturated rings. The van der Waals surface area contributed by atoms with Gasteiger partial charge in [0.1, 0.15) is 5.69 Å². The summed E-state index contributed by atoms with van der Waals surface area (Å²) in [6, 6.07) is 2.10. The van der Waals surface area contributed by atoms with Gasteiger partial charge in [-0.15, -0.1) is 5.10 Å². The van der Waals surface area contributed by atoms with Gasteiger partial charge in [-0.25, -0.2) is 0 Å². The van der Waals surface area contributed by atoms with E-state index >= 15 is 0 Å². The van der Waals surface area contributed by atoms with Crippen molar-refractivity contribution < 1.29 is 18.1 Å². The van der Waals surface area contributed by atoms with E-state index in [2.05, 4.69) is 10.1 Å². The molecule has 0 aliphatic heterocycles. The molecule has 0 aliphatic carbocycles. The van der Waals surface area contributed by atoms with Crippen LogP contribution in [0.1, 0.15) is 5.56 Å². The van der Waals surface area contributed by atoms with Gasteiger partial charge in [0.15, 0.2) is 0 Å². The van der Waals surface area contributed by atoms with Gasteiger partial charge in [-0.1, -0.05) is 11.8 Å². The van der Waals surface area contributed by atoms with Crippen LogP contribution in [0.2, 0.25) is 0 Å². The standard InChI is InChI=1S/C10H8F3N5O2S/c1-21-9-15-8(14)17(16-9)6-3-2-5(10(11,12)13)4-7(6)18(19)20/h2-4H,1H3,(H2,14,15,16). The fourth-order valence-electron chi connectivity index (χ4n) is 1.59. The van der Waals surface area contributed by atoms with E-state index in [-0.39, 0.29) is 16.8 Å². The quantitative estimate of drug-likeness (QED) is 0.530. The Morgan fingerprint density at radius 3 is 2.57 bits per heavy atom. The molecule has 0 aliphatic rings. The first-order valence-electron chi connectivity index (χ1n) is 5.36. The number of halogens is 3. The van der Waals surface area contributed by atoms with Gasteiger partial charge in [0.25, 0.3) is 5.69 Å². The van der Waals surface area contributed by atoms with E-state index in [1.807, 2.05) is 0 Å². The van der Waals surface area contributed by atoms with Gasteiger partial charge in [-0.2, -0.15) is 22.8 Å². The number of benzene rings is 1. The van der Waals surface area contributed by atoms with Crippen LogP contribution in [0.5, 0.6) is 0 Å². The molecular weight excluding hydrogens is 311 g/mol. The first-order chi connectivity index (χ1) is 9.74. The summed E-state index contributed by atoms with van der Waals surface area (Å²) >= 11 is 1.15. The summed E-state index contributed by atoms with van der Waals surface area (Å²) < 4.78 is 38.8. The Bertz CT molecular complexity index is 700. The molecule has 11 heteroatoms. The molecule has 0 saturated heterocycles. The van der Waals surface area contributed by atoms with Crippen LogP contribution in [-0.4, -0.2) is 25.9 Å². The molecule has 0 amide bonds. The fraction of sp³-hybridized carbons (Fsp3) is 0.200. The van der Waals surface area contributed by atoms with Crippen molar-refractivity contribution in [2.45, 2.75) is 11.3 Å². The van der Waals surface area contributed by atoms with Crippen LogP contribution in [-0.2, 0) is 6.18 Å². The highest BCUT2D eigenvalue weighted by Crippen LogP contribution is 2.34. The lowest BCUT2D eigenvalue weighted by atomic mass is 10.1. The molecule has 1 heterocycles. The summed E-state index contributed by atoms with van der Waals surface area (Å²) in [5, 5.41) is 15.1. The first kappa shape index (κ1) is 15.1. The fourth-order valence-corrected chi connectivity index (χ4v) is 1.94. The van der Waals surface area contributed by atoms with Crippen LogP contribution in [0.15, 0.2) is 23.4 Å². The Morgan fingerprint density at radius 2 is 2.10 bits per heavy atom. The van der Waals surface area contributed by atoms with Crippen LogP contribution in [0.4, 0.5) is 24.8 Å². The summed E-state index contributed by atoms with van der Waals surface area (Å²) in [6.45, 7) is 0. The number of hydrogen-bond acceptors (Lipinski definition) is 6. The summed E-state index contributed by atoms with van der Waals surface area (Å²) in [5.41, 5.74) is 3.51. The van der Waals surface area contributed by atoms with Crippen molar-refractivity contribution in [3.05, 3.63) is 33.9 Å². The van der Waals surface area contributed by atoms with Crippen molar-refractivity contribution in [3.8, 4) is 5.69 Å². The molecule has 0 bridgehead atoms. The number of aromatic nitrogens is 3. The lowest BCUT2D eigenvalue weighted by molar-refractivity contribution is -0.384. The van der Waals surface area contributed by atoms with Gasteiger partial charge in [0, 0.05) is 6.07 Å². The number of rotatable bonds is 3. The molecule has 1 aromatic carbocycles. The van der Waals surface area contributed by atoms with E-state index in [0.717, 1.165) is 28.6 Å². The zero-order chi connectivity index (χ0) is 15.8. The molecule has 7 nitrogen and oxygen atoms in total. The molecule has 21 heavy (non-hydrogen) atoms. The largest absolute Gasteiger partial charge is 0.416 e. The van der Waals surface area contributed by atoms with Crippen LogP contribution in [0, 0.1) is 10.1 Å². The third kappa shape index (κ3) is 2.91. The zero-order valence-electron chi connectivity index (χ0n) is 10.5. The van der Waals surface area contributed by atoms with E-state index in [0.29, 0.717) is 6.07 Å². The number of hydrogen-bond donors (Lipinski definition) is 1. The van der Waals surface area contributed by atoms with E-state index in [1.165, 1.54) is 0 Å². The lowest BCUT2D eigenvalue weighted by Crippen LogP contribution is -2.09. The summed E-state index contributed by atoms with van der Waals surface area (Å²) in [4.78, 5) is 13.9. The Hall–Kier alpha value is -2.30. The van der Waals surface area contributed by atoms with Gasteiger partial charge in [0.05, 0.1) is 10.5 Å². The Labute approximate surface area is 120 Å². The number of nitrogens with two attached hydrogens (primary N) is 1. The van der Waals surface area contributed by atoms with E-state index < -0.39 is 22.4 Å². The Morgan fingerprint density at radius 1 is 1.43 bits per heavy atom. The molecule has 0 atom stereocenters. The molecule has 2 aromatic rings. The van der Waals surface area contributed by atoms with Crippen LogP contribution >= 0.6 is 11.8 Å². The van der Waals surface area contributed by atoms with Crippen molar-refractivity contribution in [1.82, 2.24) is 14.8 Å². The summed E-state index contributed by atoms with van der Waals surface area (Å²) in [6.07, 6.45) is -3.01. The number of alkyl halides is 3. The van der Waals surface area contributed by atoms with E-state index in [1.54, 1.807) is 6.26 Å². The normalized spacial score (nSPS) is 11.6. The highest BCUT2D eigenvalue weighted by Gasteiger charge is 2.33. The number of nitro groups is 1. The smallest absolute Gasteiger partial charge is 0.368 e. The highest BCUT2D eigenvalue weighted by molar-refractivity contribution is 7.98. The van der Waals surface area contributed by atoms with Crippen LogP contribution in [0.3, 0.4) is 0 Å². The molecule has 2 N–H and O–H groups in total. The maximum absolute atomic E-state index is 12.6. The van der Waals surface area contributed by atoms with Gasteiger partial charge in [-0.3, -0.25) is 10.1 Å². The summed E-state index contributed by atoms with van der Waals surface area (Å²) in [5.74, 6) is -0.151. The van der Waals surface area contributed by atoms with E-state index in [9.17, 15) is 23.3 Å². The predicted molar refractivity (Wildman–Crippen MR) is 69.2 cm³/mol. The van der Waals surface area contributed by atoms with Gasteiger partial charge in [0.2, 0.25) is 11.1 Å². The van der Waals surface area contributed by atoms with Crippen LogP contribution < -0.4 is 5.73 Å². The third-order valence-electron chi connectivity index (χ3n) is 2.52. The maximum atomic E-state index is 12.6. The molecule has 0 spiro atoms. The highest BCUT2D eigenvalue weighted by atomic mass is 32.2. The molecule has 1 aromatic heterocycles. The summed E-state index contributed by atoms with van der Waals surface area (Å²) in [7, 11) is 0. The molecule has 0 saturated carbocycles. The van der Waals surface area contributed by atoms with Crippen molar-refractivity contribution in [1.29, 1.82) is 0 Å². The second kappa shape index (κ2) is 5.24. The average Bonchev–Trinajstić information content (AvgIpc) is 2.78.